The van der Waals surface area contributed by atoms with Crippen molar-refractivity contribution in [1.29, 1.82) is 0 Å². The minimum Gasteiger partial charge on any atom is -0.352 e. The van der Waals surface area contributed by atoms with Gasteiger partial charge in [-0.25, -0.2) is 0 Å². The molecule has 1 aliphatic rings. The number of carbonyl (C=O) groups is 2. The first kappa shape index (κ1) is 18.5. The molecule has 2 rings (SSSR count). The maximum Gasteiger partial charge on any atom is 0.225 e. The molecule has 0 spiro atoms. The van der Waals surface area contributed by atoms with Gasteiger partial charge in [-0.1, -0.05) is 50.1 Å². The van der Waals surface area contributed by atoms with Crippen molar-refractivity contribution in [3.63, 3.8) is 0 Å². The van der Waals surface area contributed by atoms with Gasteiger partial charge in [-0.2, -0.15) is 0 Å². The van der Waals surface area contributed by atoms with Crippen LogP contribution < -0.4 is 11.1 Å². The molecule has 0 aliphatic carbocycles. The SMILES string of the molecule is CCCCC(CN)NC(=O)C1CC(=O)N(C(C)c2ccccc2)C1. The maximum atomic E-state index is 12.5. The van der Waals surface area contributed by atoms with Crippen molar-refractivity contribution < 1.29 is 9.59 Å². The maximum absolute atomic E-state index is 12.5. The summed E-state index contributed by atoms with van der Waals surface area (Å²) in [5.41, 5.74) is 6.84. The molecule has 0 bridgehead atoms. The van der Waals surface area contributed by atoms with Gasteiger partial charge in [0.15, 0.2) is 0 Å². The molecule has 2 amide bonds. The zero-order chi connectivity index (χ0) is 17.5. The first-order valence-corrected chi connectivity index (χ1v) is 8.91. The van der Waals surface area contributed by atoms with E-state index in [4.69, 9.17) is 5.73 Å². The molecule has 0 aromatic heterocycles. The Morgan fingerprint density at radius 2 is 2.08 bits per heavy atom. The van der Waals surface area contributed by atoms with Gasteiger partial charge in [-0.05, 0) is 18.9 Å². The van der Waals surface area contributed by atoms with Crippen LogP contribution in [0.25, 0.3) is 0 Å². The summed E-state index contributed by atoms with van der Waals surface area (Å²) in [6.07, 6.45) is 3.30. The molecule has 5 nitrogen and oxygen atoms in total. The Bertz CT molecular complexity index is 547. The van der Waals surface area contributed by atoms with E-state index in [1.807, 2.05) is 42.2 Å². The molecular weight excluding hydrogens is 302 g/mol. The number of unbranched alkanes of at least 4 members (excludes halogenated alkanes) is 1. The Labute approximate surface area is 144 Å². The number of amides is 2. The van der Waals surface area contributed by atoms with E-state index in [-0.39, 0.29) is 36.2 Å². The standard InChI is InChI=1S/C19H29N3O2/c1-3-4-10-17(12-20)21-19(24)16-11-18(23)22(13-16)14(2)15-8-6-5-7-9-15/h5-9,14,16-17H,3-4,10-13,20H2,1-2H3,(H,21,24). The summed E-state index contributed by atoms with van der Waals surface area (Å²) in [6.45, 7) is 5.05. The van der Waals surface area contributed by atoms with Crippen molar-refractivity contribution in [2.75, 3.05) is 13.1 Å². The fourth-order valence-corrected chi connectivity index (χ4v) is 3.21. The van der Waals surface area contributed by atoms with E-state index >= 15 is 0 Å². The van der Waals surface area contributed by atoms with Crippen LogP contribution in [0.5, 0.6) is 0 Å². The fraction of sp³-hybridized carbons (Fsp3) is 0.579. The van der Waals surface area contributed by atoms with Crippen molar-refractivity contribution in [2.24, 2.45) is 11.7 Å². The fourth-order valence-electron chi connectivity index (χ4n) is 3.21. The molecule has 3 unspecified atom stereocenters. The predicted molar refractivity (Wildman–Crippen MR) is 95.2 cm³/mol. The summed E-state index contributed by atoms with van der Waals surface area (Å²) in [6, 6.07) is 9.92. The van der Waals surface area contributed by atoms with Gasteiger partial charge in [0.2, 0.25) is 11.8 Å². The molecule has 0 radical (unpaired) electrons. The van der Waals surface area contributed by atoms with Gasteiger partial charge in [0.25, 0.3) is 0 Å². The molecule has 132 valence electrons. The van der Waals surface area contributed by atoms with Crippen LogP contribution in [-0.4, -0.2) is 35.8 Å². The van der Waals surface area contributed by atoms with Gasteiger partial charge in [0.1, 0.15) is 0 Å². The normalized spacial score (nSPS) is 20.0. The number of likely N-dealkylation sites (tertiary alicyclic amines) is 1. The minimum atomic E-state index is -0.278. The van der Waals surface area contributed by atoms with Gasteiger partial charge in [0.05, 0.1) is 12.0 Å². The molecule has 3 N–H and O–H groups in total. The largest absolute Gasteiger partial charge is 0.352 e. The molecule has 0 saturated carbocycles. The number of nitrogens with two attached hydrogens (primary N) is 1. The zero-order valence-corrected chi connectivity index (χ0v) is 14.7. The topological polar surface area (TPSA) is 75.4 Å². The third-order valence-electron chi connectivity index (χ3n) is 4.82. The van der Waals surface area contributed by atoms with Crippen LogP contribution in [-0.2, 0) is 9.59 Å². The number of nitrogens with one attached hydrogen (secondary N) is 1. The first-order valence-electron chi connectivity index (χ1n) is 8.91. The van der Waals surface area contributed by atoms with Crippen molar-refractivity contribution in [3.05, 3.63) is 35.9 Å². The molecule has 1 fully saturated rings. The lowest BCUT2D eigenvalue weighted by molar-refractivity contribution is -0.130. The van der Waals surface area contributed by atoms with E-state index in [2.05, 4.69) is 12.2 Å². The monoisotopic (exact) mass is 331 g/mol. The second kappa shape index (κ2) is 8.83. The van der Waals surface area contributed by atoms with Crippen LogP contribution in [0.1, 0.15) is 51.1 Å². The second-order valence-corrected chi connectivity index (χ2v) is 6.62. The number of hydrogen-bond acceptors (Lipinski definition) is 3. The Balaban J connectivity index is 1.94. The molecule has 1 heterocycles. The van der Waals surface area contributed by atoms with E-state index in [9.17, 15) is 9.59 Å². The van der Waals surface area contributed by atoms with Gasteiger partial charge in [-0.3, -0.25) is 9.59 Å². The van der Waals surface area contributed by atoms with Gasteiger partial charge < -0.3 is 16.0 Å². The number of hydrogen-bond donors (Lipinski definition) is 2. The molecule has 1 aromatic rings. The van der Waals surface area contributed by atoms with Crippen molar-refractivity contribution in [1.82, 2.24) is 10.2 Å². The Hall–Kier alpha value is -1.88. The van der Waals surface area contributed by atoms with Crippen molar-refractivity contribution in [2.45, 2.75) is 51.6 Å². The molecule has 5 heteroatoms. The second-order valence-electron chi connectivity index (χ2n) is 6.62. The molecule has 3 atom stereocenters. The zero-order valence-electron chi connectivity index (χ0n) is 14.7. The van der Waals surface area contributed by atoms with Crippen LogP contribution in [0.15, 0.2) is 30.3 Å². The molecular formula is C19H29N3O2. The van der Waals surface area contributed by atoms with Crippen LogP contribution in [0, 0.1) is 5.92 Å². The number of benzene rings is 1. The molecule has 1 aromatic carbocycles. The smallest absolute Gasteiger partial charge is 0.225 e. The van der Waals surface area contributed by atoms with E-state index in [0.717, 1.165) is 24.8 Å². The summed E-state index contributed by atoms with van der Waals surface area (Å²) in [5, 5.41) is 3.02. The average molecular weight is 331 g/mol. The van der Waals surface area contributed by atoms with Crippen LogP contribution in [0.2, 0.25) is 0 Å². The highest BCUT2D eigenvalue weighted by atomic mass is 16.2. The van der Waals surface area contributed by atoms with Gasteiger partial charge >= 0.3 is 0 Å². The summed E-state index contributed by atoms with van der Waals surface area (Å²) in [4.78, 5) is 26.6. The van der Waals surface area contributed by atoms with Crippen LogP contribution >= 0.6 is 0 Å². The van der Waals surface area contributed by atoms with Gasteiger partial charge in [0, 0.05) is 25.6 Å². The number of rotatable bonds is 8. The molecule has 1 aliphatic heterocycles. The highest BCUT2D eigenvalue weighted by Gasteiger charge is 2.37. The van der Waals surface area contributed by atoms with Crippen molar-refractivity contribution in [3.8, 4) is 0 Å². The van der Waals surface area contributed by atoms with Gasteiger partial charge in [-0.15, -0.1) is 0 Å². The third-order valence-corrected chi connectivity index (χ3v) is 4.82. The Kier molecular flexibility index (Phi) is 6.79. The number of nitrogens with zero attached hydrogens (tertiary/aromatic N) is 1. The summed E-state index contributed by atoms with van der Waals surface area (Å²) < 4.78 is 0. The highest BCUT2D eigenvalue weighted by molar-refractivity contribution is 5.89. The van der Waals surface area contributed by atoms with E-state index in [1.54, 1.807) is 0 Å². The molecule has 1 saturated heterocycles. The molecule has 24 heavy (non-hydrogen) atoms. The highest BCUT2D eigenvalue weighted by Crippen LogP contribution is 2.28. The summed E-state index contributed by atoms with van der Waals surface area (Å²) >= 11 is 0. The average Bonchev–Trinajstić information content (AvgIpc) is 3.00. The van der Waals surface area contributed by atoms with E-state index in [0.29, 0.717) is 13.1 Å². The minimum absolute atomic E-state index is 0.00755. The lowest BCUT2D eigenvalue weighted by Crippen LogP contribution is -2.43. The first-order chi connectivity index (χ1) is 11.6. The lowest BCUT2D eigenvalue weighted by atomic mass is 10.1. The quantitative estimate of drug-likeness (QED) is 0.767. The Morgan fingerprint density at radius 3 is 2.71 bits per heavy atom. The van der Waals surface area contributed by atoms with Crippen molar-refractivity contribution >= 4 is 11.8 Å². The van der Waals surface area contributed by atoms with Crippen LogP contribution in [0.4, 0.5) is 0 Å². The number of carbonyl (C=O) groups excluding carboxylic acids is 2. The van der Waals surface area contributed by atoms with E-state index < -0.39 is 0 Å². The summed E-state index contributed by atoms with van der Waals surface area (Å²) in [5.74, 6) is -0.277. The lowest BCUT2D eigenvalue weighted by Gasteiger charge is -2.25. The summed E-state index contributed by atoms with van der Waals surface area (Å²) in [7, 11) is 0. The predicted octanol–water partition coefficient (Wildman–Crippen LogP) is 2.23. The Morgan fingerprint density at radius 1 is 1.38 bits per heavy atom. The van der Waals surface area contributed by atoms with Crippen LogP contribution in [0.3, 0.4) is 0 Å². The third kappa shape index (κ3) is 4.57. The van der Waals surface area contributed by atoms with E-state index in [1.165, 1.54) is 0 Å².